The minimum atomic E-state index is -0.201. The van der Waals surface area contributed by atoms with E-state index in [0.717, 1.165) is 25.1 Å². The van der Waals surface area contributed by atoms with Crippen LogP contribution in [0.4, 0.5) is 5.69 Å². The van der Waals surface area contributed by atoms with Gasteiger partial charge >= 0.3 is 0 Å². The van der Waals surface area contributed by atoms with Crippen LogP contribution in [0, 0.1) is 17.8 Å². The van der Waals surface area contributed by atoms with E-state index < -0.39 is 0 Å². The van der Waals surface area contributed by atoms with Crippen LogP contribution in [0.2, 0.25) is 15.1 Å². The van der Waals surface area contributed by atoms with Gasteiger partial charge in [0.15, 0.2) is 0 Å². The van der Waals surface area contributed by atoms with Crippen LogP contribution in [0.25, 0.3) is 0 Å². The molecule has 32 heavy (non-hydrogen) atoms. The molecule has 1 amide bonds. The number of hydrogen-bond acceptors (Lipinski definition) is 4. The summed E-state index contributed by atoms with van der Waals surface area (Å²) in [6, 6.07) is 12.7. The molecule has 2 heterocycles. The second kappa shape index (κ2) is 8.71. The molecule has 5 nitrogen and oxygen atoms in total. The second-order valence-electron chi connectivity index (χ2n) is 8.64. The van der Waals surface area contributed by atoms with Crippen LogP contribution in [-0.2, 0) is 4.79 Å². The number of rotatable bonds is 4. The number of fused-ring (bicyclic) bond motifs is 1. The lowest BCUT2D eigenvalue weighted by Gasteiger charge is -2.27. The van der Waals surface area contributed by atoms with Gasteiger partial charge in [-0.1, -0.05) is 66.0 Å². The highest BCUT2D eigenvalue weighted by Gasteiger charge is 2.41. The number of anilines is 1. The molecule has 0 bridgehead atoms. The van der Waals surface area contributed by atoms with E-state index >= 15 is 0 Å². The molecule has 0 aromatic heterocycles. The van der Waals surface area contributed by atoms with Gasteiger partial charge in [0.1, 0.15) is 5.71 Å². The lowest BCUT2D eigenvalue weighted by Crippen LogP contribution is -2.45. The number of benzene rings is 2. The van der Waals surface area contributed by atoms with Gasteiger partial charge in [-0.05, 0) is 54.2 Å². The zero-order valence-corrected chi connectivity index (χ0v) is 19.8. The zero-order valence-electron chi connectivity index (χ0n) is 17.5. The Balaban J connectivity index is 1.44. The van der Waals surface area contributed by atoms with E-state index in [1.54, 1.807) is 12.1 Å². The van der Waals surface area contributed by atoms with Crippen LogP contribution in [-0.4, -0.2) is 29.7 Å². The fourth-order valence-electron chi connectivity index (χ4n) is 4.93. The molecule has 4 atom stereocenters. The number of hydrogen-bond donors (Lipinski definition) is 1. The highest BCUT2D eigenvalue weighted by atomic mass is 35.5. The van der Waals surface area contributed by atoms with Crippen molar-refractivity contribution in [3.63, 3.8) is 0 Å². The average Bonchev–Trinajstić information content (AvgIpc) is 3.42. The van der Waals surface area contributed by atoms with Crippen LogP contribution in [0.5, 0.6) is 0 Å². The quantitative estimate of drug-likeness (QED) is 0.557. The standard InChI is InChI=1S/C24H23Cl3N4O/c1-14-22(24(32)29-30-12-16-3-2-4-17(16)13-30)28-31(21-10-9-19(26)11-20(21)27)23(14)15-5-7-18(25)8-6-15/h2-3,5-11,14,16-17,23H,4,12-13H2,1H3,(H,29,32)/t14-,16?,17?,23+/m0/s1. The van der Waals surface area contributed by atoms with Crippen molar-refractivity contribution in [2.45, 2.75) is 19.4 Å². The summed E-state index contributed by atoms with van der Waals surface area (Å²) in [6.45, 7) is 3.71. The molecule has 2 aliphatic heterocycles. The minimum Gasteiger partial charge on any atom is -0.284 e. The van der Waals surface area contributed by atoms with Crippen molar-refractivity contribution in [3.8, 4) is 0 Å². The van der Waals surface area contributed by atoms with Gasteiger partial charge < -0.3 is 0 Å². The molecule has 2 aromatic rings. The molecule has 1 N–H and O–H groups in total. The highest BCUT2D eigenvalue weighted by Crippen LogP contribution is 2.42. The van der Waals surface area contributed by atoms with Crippen molar-refractivity contribution in [1.82, 2.24) is 10.4 Å². The number of amides is 1. The lowest BCUT2D eigenvalue weighted by atomic mass is 9.91. The first-order valence-corrected chi connectivity index (χ1v) is 11.8. The van der Waals surface area contributed by atoms with Crippen LogP contribution >= 0.6 is 34.8 Å². The molecule has 1 fully saturated rings. The number of hydrazine groups is 1. The average molecular weight is 490 g/mol. The van der Waals surface area contributed by atoms with E-state index in [0.29, 0.717) is 38.3 Å². The molecule has 2 unspecified atom stereocenters. The molecule has 166 valence electrons. The smallest absolute Gasteiger partial charge is 0.282 e. The van der Waals surface area contributed by atoms with E-state index in [1.807, 2.05) is 47.3 Å². The summed E-state index contributed by atoms with van der Waals surface area (Å²) in [4.78, 5) is 13.3. The maximum atomic E-state index is 13.3. The van der Waals surface area contributed by atoms with Gasteiger partial charge in [0, 0.05) is 29.1 Å². The third-order valence-electron chi connectivity index (χ3n) is 6.56. The van der Waals surface area contributed by atoms with Crippen molar-refractivity contribution in [1.29, 1.82) is 0 Å². The summed E-state index contributed by atoms with van der Waals surface area (Å²) in [5.41, 5.74) is 5.26. The van der Waals surface area contributed by atoms with Gasteiger partial charge in [0.2, 0.25) is 0 Å². The third kappa shape index (κ3) is 4.03. The van der Waals surface area contributed by atoms with Gasteiger partial charge in [-0.2, -0.15) is 5.10 Å². The predicted molar refractivity (Wildman–Crippen MR) is 130 cm³/mol. The first-order chi connectivity index (χ1) is 15.4. The Morgan fingerprint density at radius 3 is 2.53 bits per heavy atom. The highest BCUT2D eigenvalue weighted by molar-refractivity contribution is 6.41. The molecule has 1 saturated heterocycles. The van der Waals surface area contributed by atoms with Crippen LogP contribution in [0.1, 0.15) is 24.9 Å². The number of hydrazone groups is 1. The number of nitrogens with one attached hydrogen (secondary N) is 1. The normalized spacial score (nSPS) is 27.0. The predicted octanol–water partition coefficient (Wildman–Crippen LogP) is 5.74. The van der Waals surface area contributed by atoms with Gasteiger partial charge in [-0.3, -0.25) is 15.2 Å². The first-order valence-electron chi connectivity index (χ1n) is 10.7. The first kappa shape index (κ1) is 21.8. The summed E-state index contributed by atoms with van der Waals surface area (Å²) >= 11 is 18.7. The molecule has 8 heteroatoms. The molecule has 0 radical (unpaired) electrons. The monoisotopic (exact) mass is 488 g/mol. The number of allylic oxidation sites excluding steroid dienone is 1. The van der Waals surface area contributed by atoms with E-state index in [2.05, 4.69) is 17.6 Å². The maximum absolute atomic E-state index is 13.3. The van der Waals surface area contributed by atoms with Crippen molar-refractivity contribution in [2.75, 3.05) is 18.1 Å². The topological polar surface area (TPSA) is 47.9 Å². The number of carbonyl (C=O) groups excluding carboxylic acids is 1. The lowest BCUT2D eigenvalue weighted by molar-refractivity contribution is -0.119. The van der Waals surface area contributed by atoms with Crippen molar-refractivity contribution in [2.24, 2.45) is 22.9 Å². The van der Waals surface area contributed by atoms with Crippen LogP contribution in [0.3, 0.4) is 0 Å². The number of halogens is 3. The van der Waals surface area contributed by atoms with E-state index in [4.69, 9.17) is 39.9 Å². The van der Waals surface area contributed by atoms with Crippen molar-refractivity contribution < 1.29 is 4.79 Å². The molecule has 0 spiro atoms. The zero-order chi connectivity index (χ0) is 22.4. The molecule has 0 saturated carbocycles. The summed E-state index contributed by atoms with van der Waals surface area (Å²) in [7, 11) is 0. The van der Waals surface area contributed by atoms with Gasteiger partial charge in [-0.25, -0.2) is 5.01 Å². The Morgan fingerprint density at radius 1 is 1.06 bits per heavy atom. The largest absolute Gasteiger partial charge is 0.284 e. The number of carbonyl (C=O) groups is 1. The van der Waals surface area contributed by atoms with Gasteiger partial charge in [0.25, 0.3) is 5.91 Å². The Bertz CT molecular complexity index is 1100. The Kier molecular flexibility index (Phi) is 5.93. The Labute approximate surface area is 202 Å². The molecule has 3 aliphatic rings. The molecule has 2 aromatic carbocycles. The summed E-state index contributed by atoms with van der Waals surface area (Å²) in [6.07, 6.45) is 5.57. The van der Waals surface area contributed by atoms with Gasteiger partial charge in [-0.15, -0.1) is 0 Å². The van der Waals surface area contributed by atoms with Gasteiger partial charge in [0.05, 0.1) is 16.8 Å². The van der Waals surface area contributed by atoms with E-state index in [9.17, 15) is 4.79 Å². The summed E-state index contributed by atoms with van der Waals surface area (Å²) in [5, 5.41) is 10.3. The second-order valence-corrected chi connectivity index (χ2v) is 9.92. The maximum Gasteiger partial charge on any atom is 0.282 e. The van der Waals surface area contributed by atoms with E-state index in [-0.39, 0.29) is 17.9 Å². The van der Waals surface area contributed by atoms with Crippen molar-refractivity contribution >= 4 is 52.1 Å². The third-order valence-corrected chi connectivity index (χ3v) is 7.35. The SMILES string of the molecule is C[C@H]1C(C(=O)NN2CC3C=CCC3C2)=NN(c2ccc(Cl)cc2Cl)[C@H]1c1ccc(Cl)cc1. The molecular weight excluding hydrogens is 467 g/mol. The number of nitrogens with zero attached hydrogens (tertiary/aromatic N) is 3. The van der Waals surface area contributed by atoms with E-state index in [1.165, 1.54) is 0 Å². The van der Waals surface area contributed by atoms with Crippen LogP contribution < -0.4 is 10.4 Å². The van der Waals surface area contributed by atoms with Crippen LogP contribution in [0.15, 0.2) is 59.7 Å². The van der Waals surface area contributed by atoms with Crippen molar-refractivity contribution in [3.05, 3.63) is 75.2 Å². The summed E-state index contributed by atoms with van der Waals surface area (Å²) < 4.78 is 0. The Hall–Kier alpha value is -2.05. The fraction of sp³-hybridized carbons (Fsp3) is 0.333. The molecule has 5 rings (SSSR count). The Morgan fingerprint density at radius 2 is 1.81 bits per heavy atom. The molecule has 1 aliphatic carbocycles. The minimum absolute atomic E-state index is 0.162. The fourth-order valence-corrected chi connectivity index (χ4v) is 5.55. The summed E-state index contributed by atoms with van der Waals surface area (Å²) in [5.74, 6) is 0.770. The molecular formula is C24H23Cl3N4O.